The first-order valence-electron chi connectivity index (χ1n) is 5.26. The van der Waals surface area contributed by atoms with Gasteiger partial charge < -0.3 is 0 Å². The number of halogens is 6. The second-order valence-electron chi connectivity index (χ2n) is 4.03. The molecule has 19 heavy (non-hydrogen) atoms. The van der Waals surface area contributed by atoms with Crippen LogP contribution >= 0.6 is 0 Å². The van der Waals surface area contributed by atoms with Crippen LogP contribution in [-0.2, 0) is 0 Å². The largest absolute Gasteiger partial charge is 0.425 e. The molecule has 0 N–H and O–H groups in total. The van der Waals surface area contributed by atoms with E-state index in [1.165, 1.54) is 30.3 Å². The summed E-state index contributed by atoms with van der Waals surface area (Å²) in [6, 6.07) is 6.60. The molecule has 0 saturated heterocycles. The predicted molar refractivity (Wildman–Crippen MR) is 55.8 cm³/mol. The molecule has 1 aromatic rings. The van der Waals surface area contributed by atoms with Gasteiger partial charge in [-0.1, -0.05) is 30.3 Å². The lowest BCUT2D eigenvalue weighted by molar-refractivity contribution is -0.251. The van der Waals surface area contributed by atoms with E-state index in [1.54, 1.807) is 0 Å². The highest BCUT2D eigenvalue weighted by atomic mass is 19.4. The summed E-state index contributed by atoms with van der Waals surface area (Å²) in [5.41, 5.74) is -0.191. The van der Waals surface area contributed by atoms with Crippen molar-refractivity contribution in [2.24, 2.45) is 5.92 Å². The lowest BCUT2D eigenvalue weighted by Gasteiger charge is -2.27. The van der Waals surface area contributed by atoms with Crippen molar-refractivity contribution in [2.75, 3.05) is 0 Å². The minimum Gasteiger partial charge on any atom is -0.294 e. The van der Waals surface area contributed by atoms with Gasteiger partial charge in [-0.15, -0.1) is 0 Å². The quantitative estimate of drug-likeness (QED) is 0.602. The molecule has 0 spiro atoms. The van der Waals surface area contributed by atoms with Gasteiger partial charge in [0, 0.05) is 5.56 Å². The number of carbonyl (C=O) groups is 1. The van der Waals surface area contributed by atoms with Crippen LogP contribution in [0.5, 0.6) is 0 Å². The Morgan fingerprint density at radius 3 is 1.95 bits per heavy atom. The summed E-state index contributed by atoms with van der Waals surface area (Å²) in [6.45, 7) is 0.577. The number of ketones is 1. The summed E-state index contributed by atoms with van der Waals surface area (Å²) in [4.78, 5) is 11.6. The van der Waals surface area contributed by atoms with Gasteiger partial charge in [-0.3, -0.25) is 4.79 Å². The maximum Gasteiger partial charge on any atom is 0.425 e. The Bertz CT molecular complexity index is 439. The van der Waals surface area contributed by atoms with Gasteiger partial charge in [0.25, 0.3) is 12.1 Å². The lowest BCUT2D eigenvalue weighted by atomic mass is 9.90. The van der Waals surface area contributed by atoms with Crippen molar-refractivity contribution in [1.29, 1.82) is 0 Å². The molecule has 0 aliphatic rings. The third-order valence-corrected chi connectivity index (χ3v) is 2.65. The topological polar surface area (TPSA) is 17.1 Å². The van der Waals surface area contributed by atoms with Crippen LogP contribution < -0.4 is 0 Å². The van der Waals surface area contributed by atoms with Crippen molar-refractivity contribution >= 4 is 5.78 Å². The van der Waals surface area contributed by atoms with Crippen LogP contribution in [0.25, 0.3) is 0 Å². The van der Waals surface area contributed by atoms with E-state index in [-0.39, 0.29) is 5.56 Å². The molecule has 2 unspecified atom stereocenters. The molecule has 7 heteroatoms. The van der Waals surface area contributed by atoms with E-state index in [4.69, 9.17) is 0 Å². The number of rotatable bonds is 4. The van der Waals surface area contributed by atoms with E-state index in [9.17, 15) is 31.1 Å². The zero-order chi connectivity index (χ0) is 14.8. The van der Waals surface area contributed by atoms with Crippen LogP contribution in [0.2, 0.25) is 0 Å². The molecule has 0 aliphatic carbocycles. The second-order valence-corrected chi connectivity index (χ2v) is 4.03. The summed E-state index contributed by atoms with van der Waals surface area (Å²) < 4.78 is 75.5. The fraction of sp³-hybridized carbons (Fsp3) is 0.417. The van der Waals surface area contributed by atoms with Gasteiger partial charge in [0.2, 0.25) is 0 Å². The van der Waals surface area contributed by atoms with Crippen molar-refractivity contribution in [3.05, 3.63) is 35.9 Å². The highest BCUT2D eigenvalue weighted by molar-refractivity contribution is 5.98. The molecule has 0 fully saturated rings. The molecule has 1 aromatic carbocycles. The second kappa shape index (κ2) is 5.22. The first-order valence-corrected chi connectivity index (χ1v) is 5.26. The average Bonchev–Trinajstić information content (AvgIpc) is 2.36. The molecular formula is C12H10F6O. The average molecular weight is 284 g/mol. The zero-order valence-electron chi connectivity index (χ0n) is 9.72. The smallest absolute Gasteiger partial charge is 0.294 e. The summed E-state index contributed by atoms with van der Waals surface area (Å²) in [5.74, 6) is -8.46. The highest BCUT2D eigenvalue weighted by Gasteiger charge is 2.60. The van der Waals surface area contributed by atoms with Crippen molar-refractivity contribution in [3.8, 4) is 0 Å². The fourth-order valence-corrected chi connectivity index (χ4v) is 1.46. The molecule has 0 aliphatic heterocycles. The SMILES string of the molecule is CC(C(=O)c1ccccc1)C(F)(F)C(F)C(F)(F)F. The zero-order valence-corrected chi connectivity index (χ0v) is 9.72. The molecule has 106 valence electrons. The molecule has 0 bridgehead atoms. The number of hydrogen-bond acceptors (Lipinski definition) is 1. The molecule has 1 nitrogen and oxygen atoms in total. The van der Waals surface area contributed by atoms with Gasteiger partial charge in [-0.2, -0.15) is 13.2 Å². The summed E-state index contributed by atoms with van der Waals surface area (Å²) >= 11 is 0. The van der Waals surface area contributed by atoms with E-state index in [0.717, 1.165) is 0 Å². The third kappa shape index (κ3) is 3.27. The summed E-state index contributed by atoms with van der Waals surface area (Å²) in [6.07, 6.45) is -10.1. The minimum atomic E-state index is -5.71. The van der Waals surface area contributed by atoms with Crippen molar-refractivity contribution in [2.45, 2.75) is 25.2 Å². The van der Waals surface area contributed by atoms with E-state index >= 15 is 0 Å². The van der Waals surface area contributed by atoms with Crippen LogP contribution in [0.1, 0.15) is 17.3 Å². The van der Waals surface area contributed by atoms with E-state index in [0.29, 0.717) is 6.92 Å². The summed E-state index contributed by atoms with van der Waals surface area (Å²) in [5, 5.41) is 0. The number of benzene rings is 1. The third-order valence-electron chi connectivity index (χ3n) is 2.65. The number of Topliss-reactive ketones (excluding diaryl/α,β-unsaturated/α-hetero) is 1. The maximum atomic E-state index is 13.3. The lowest BCUT2D eigenvalue weighted by Crippen LogP contribution is -2.48. The van der Waals surface area contributed by atoms with Gasteiger partial charge in [0.05, 0.1) is 5.92 Å². The van der Waals surface area contributed by atoms with Crippen LogP contribution in [-0.4, -0.2) is 24.1 Å². The van der Waals surface area contributed by atoms with Crippen LogP contribution in [0, 0.1) is 5.92 Å². The van der Waals surface area contributed by atoms with Gasteiger partial charge >= 0.3 is 6.18 Å². The van der Waals surface area contributed by atoms with Gasteiger partial charge in [-0.05, 0) is 6.92 Å². The molecule has 0 amide bonds. The Balaban J connectivity index is 2.99. The van der Waals surface area contributed by atoms with Crippen LogP contribution in [0.15, 0.2) is 30.3 Å². The van der Waals surface area contributed by atoms with Crippen LogP contribution in [0.3, 0.4) is 0 Å². The van der Waals surface area contributed by atoms with Crippen molar-refractivity contribution in [1.82, 2.24) is 0 Å². The first kappa shape index (κ1) is 15.5. The van der Waals surface area contributed by atoms with E-state index in [2.05, 4.69) is 0 Å². The molecule has 2 atom stereocenters. The molecular weight excluding hydrogens is 274 g/mol. The highest BCUT2D eigenvalue weighted by Crippen LogP contribution is 2.40. The Morgan fingerprint density at radius 1 is 1.05 bits per heavy atom. The van der Waals surface area contributed by atoms with Crippen LogP contribution in [0.4, 0.5) is 26.3 Å². The Kier molecular flexibility index (Phi) is 4.27. The number of hydrogen-bond donors (Lipinski definition) is 0. The van der Waals surface area contributed by atoms with E-state index < -0.39 is 30.0 Å². The monoisotopic (exact) mass is 284 g/mol. The van der Waals surface area contributed by atoms with Gasteiger partial charge in [0.15, 0.2) is 5.78 Å². The number of alkyl halides is 6. The summed E-state index contributed by atoms with van der Waals surface area (Å²) in [7, 11) is 0. The Hall–Kier alpha value is -1.53. The normalized spacial score (nSPS) is 15.9. The minimum absolute atomic E-state index is 0.191. The Labute approximate surface area is 105 Å². The molecule has 0 aromatic heterocycles. The Morgan fingerprint density at radius 2 is 1.53 bits per heavy atom. The van der Waals surface area contributed by atoms with E-state index in [1.807, 2.05) is 0 Å². The molecule has 1 rings (SSSR count). The van der Waals surface area contributed by atoms with Crippen molar-refractivity contribution in [3.63, 3.8) is 0 Å². The standard InChI is InChI=1S/C12H10F6O/c1-7(9(19)8-5-3-2-4-6-8)11(14,15)10(13)12(16,17)18/h2-7,10H,1H3. The maximum absolute atomic E-state index is 13.3. The van der Waals surface area contributed by atoms with Crippen molar-refractivity contribution < 1.29 is 31.1 Å². The fourth-order valence-electron chi connectivity index (χ4n) is 1.46. The van der Waals surface area contributed by atoms with Gasteiger partial charge in [-0.25, -0.2) is 13.2 Å². The predicted octanol–water partition coefficient (Wildman–Crippen LogP) is 4.04. The molecule has 0 saturated carbocycles. The molecule has 0 heterocycles. The number of carbonyl (C=O) groups excluding carboxylic acids is 1. The molecule has 0 radical (unpaired) electrons. The van der Waals surface area contributed by atoms with Gasteiger partial charge in [0.1, 0.15) is 0 Å². The first-order chi connectivity index (χ1) is 8.58.